The number of carbonyl (C=O) groups is 1. The van der Waals surface area contributed by atoms with E-state index < -0.39 is 5.91 Å². The molecular formula is C15H17N3O. The molecular weight excluding hydrogens is 238 g/mol. The van der Waals surface area contributed by atoms with E-state index in [1.165, 1.54) is 5.56 Å². The summed E-state index contributed by atoms with van der Waals surface area (Å²) in [6, 6.07) is 12.9. The SMILES string of the molecule is CCc1ccccc1Nc1cc(N)ccc1C(N)=O. The van der Waals surface area contributed by atoms with E-state index in [9.17, 15) is 4.79 Å². The van der Waals surface area contributed by atoms with Crippen molar-refractivity contribution in [2.24, 2.45) is 5.73 Å². The third kappa shape index (κ3) is 2.85. The lowest BCUT2D eigenvalue weighted by Crippen LogP contribution is -2.13. The number of aryl methyl sites for hydroxylation is 1. The molecule has 5 N–H and O–H groups in total. The zero-order valence-electron chi connectivity index (χ0n) is 10.8. The number of nitrogens with one attached hydrogen (secondary N) is 1. The maximum Gasteiger partial charge on any atom is 0.250 e. The van der Waals surface area contributed by atoms with Gasteiger partial charge in [0.15, 0.2) is 0 Å². The highest BCUT2D eigenvalue weighted by Crippen LogP contribution is 2.25. The summed E-state index contributed by atoms with van der Waals surface area (Å²) in [6.45, 7) is 2.08. The maximum absolute atomic E-state index is 11.4. The first kappa shape index (κ1) is 13.0. The average Bonchev–Trinajstić information content (AvgIpc) is 2.39. The Morgan fingerprint density at radius 1 is 1.16 bits per heavy atom. The highest BCUT2D eigenvalue weighted by Gasteiger charge is 2.09. The molecule has 0 aromatic heterocycles. The number of hydrogen-bond acceptors (Lipinski definition) is 3. The van der Waals surface area contributed by atoms with E-state index in [1.54, 1.807) is 18.2 Å². The number of rotatable bonds is 4. The van der Waals surface area contributed by atoms with Crippen LogP contribution in [0.3, 0.4) is 0 Å². The van der Waals surface area contributed by atoms with Crippen LogP contribution in [0.5, 0.6) is 0 Å². The molecule has 0 fully saturated rings. The lowest BCUT2D eigenvalue weighted by Gasteiger charge is -2.13. The van der Waals surface area contributed by atoms with Gasteiger partial charge in [-0.2, -0.15) is 0 Å². The second-order valence-corrected chi connectivity index (χ2v) is 4.30. The summed E-state index contributed by atoms with van der Waals surface area (Å²) >= 11 is 0. The van der Waals surface area contributed by atoms with Crippen LogP contribution in [0.15, 0.2) is 42.5 Å². The molecule has 0 saturated carbocycles. The molecule has 2 aromatic carbocycles. The van der Waals surface area contributed by atoms with Crippen molar-refractivity contribution in [3.8, 4) is 0 Å². The standard InChI is InChI=1S/C15H17N3O/c1-2-10-5-3-4-6-13(10)18-14-9-11(16)7-8-12(14)15(17)19/h3-9,18H,2,16H2,1H3,(H2,17,19). The molecule has 2 rings (SSSR count). The summed E-state index contributed by atoms with van der Waals surface area (Å²) in [6.07, 6.45) is 0.900. The second-order valence-electron chi connectivity index (χ2n) is 4.30. The van der Waals surface area contributed by atoms with Crippen LogP contribution in [0.25, 0.3) is 0 Å². The van der Waals surface area contributed by atoms with Crippen molar-refractivity contribution in [1.29, 1.82) is 0 Å². The summed E-state index contributed by atoms with van der Waals surface area (Å²) in [5.41, 5.74) is 14.9. The molecule has 4 nitrogen and oxygen atoms in total. The zero-order valence-corrected chi connectivity index (χ0v) is 10.8. The van der Waals surface area contributed by atoms with Gasteiger partial charge in [-0.15, -0.1) is 0 Å². The Labute approximate surface area is 112 Å². The molecule has 0 aliphatic carbocycles. The molecule has 4 heteroatoms. The number of nitrogens with two attached hydrogens (primary N) is 2. The van der Waals surface area contributed by atoms with Crippen LogP contribution in [0.1, 0.15) is 22.8 Å². The van der Waals surface area contributed by atoms with Crippen molar-refractivity contribution in [1.82, 2.24) is 0 Å². The van der Waals surface area contributed by atoms with Crippen molar-refractivity contribution < 1.29 is 4.79 Å². The first-order chi connectivity index (χ1) is 9.11. The highest BCUT2D eigenvalue weighted by molar-refractivity contribution is 6.00. The van der Waals surface area contributed by atoms with Gasteiger partial charge in [-0.1, -0.05) is 25.1 Å². The minimum Gasteiger partial charge on any atom is -0.399 e. The van der Waals surface area contributed by atoms with E-state index in [-0.39, 0.29) is 0 Å². The molecule has 19 heavy (non-hydrogen) atoms. The average molecular weight is 255 g/mol. The monoisotopic (exact) mass is 255 g/mol. The minimum absolute atomic E-state index is 0.431. The van der Waals surface area contributed by atoms with Gasteiger partial charge in [0.1, 0.15) is 0 Å². The van der Waals surface area contributed by atoms with Gasteiger partial charge in [0.2, 0.25) is 0 Å². The third-order valence-corrected chi connectivity index (χ3v) is 2.98. The van der Waals surface area contributed by atoms with Crippen LogP contribution in [-0.2, 0) is 6.42 Å². The van der Waals surface area contributed by atoms with Gasteiger partial charge in [0, 0.05) is 11.4 Å². The number of primary amides is 1. The first-order valence-corrected chi connectivity index (χ1v) is 6.16. The van der Waals surface area contributed by atoms with Crippen LogP contribution in [0.2, 0.25) is 0 Å². The lowest BCUT2D eigenvalue weighted by molar-refractivity contribution is 0.100. The van der Waals surface area contributed by atoms with Crippen molar-refractivity contribution in [3.63, 3.8) is 0 Å². The Balaban J connectivity index is 2.42. The molecule has 0 radical (unpaired) electrons. The van der Waals surface area contributed by atoms with Crippen LogP contribution in [0, 0.1) is 0 Å². The number of nitrogen functional groups attached to an aromatic ring is 1. The van der Waals surface area contributed by atoms with Crippen LogP contribution in [-0.4, -0.2) is 5.91 Å². The summed E-state index contributed by atoms with van der Waals surface area (Å²) in [5.74, 6) is -0.475. The van der Waals surface area contributed by atoms with Gasteiger partial charge < -0.3 is 16.8 Å². The summed E-state index contributed by atoms with van der Waals surface area (Å²) in [5, 5.41) is 3.23. The van der Waals surface area contributed by atoms with E-state index in [0.29, 0.717) is 16.9 Å². The van der Waals surface area contributed by atoms with Gasteiger partial charge in [-0.05, 0) is 36.2 Å². The number of anilines is 3. The molecule has 0 aliphatic rings. The molecule has 2 aromatic rings. The molecule has 0 saturated heterocycles. The number of carbonyl (C=O) groups excluding carboxylic acids is 1. The lowest BCUT2D eigenvalue weighted by atomic mass is 10.1. The Bertz CT molecular complexity index is 608. The fourth-order valence-corrected chi connectivity index (χ4v) is 1.98. The van der Waals surface area contributed by atoms with Gasteiger partial charge in [0.25, 0.3) is 5.91 Å². The fraction of sp³-hybridized carbons (Fsp3) is 0.133. The smallest absolute Gasteiger partial charge is 0.250 e. The number of amides is 1. The van der Waals surface area contributed by atoms with Crippen LogP contribution < -0.4 is 16.8 Å². The topological polar surface area (TPSA) is 81.1 Å². The first-order valence-electron chi connectivity index (χ1n) is 6.16. The molecule has 0 unspecified atom stereocenters. The number of benzene rings is 2. The molecule has 1 amide bonds. The quantitative estimate of drug-likeness (QED) is 0.735. The van der Waals surface area contributed by atoms with Crippen molar-refractivity contribution in [2.45, 2.75) is 13.3 Å². The largest absolute Gasteiger partial charge is 0.399 e. The Morgan fingerprint density at radius 2 is 1.89 bits per heavy atom. The fourth-order valence-electron chi connectivity index (χ4n) is 1.98. The molecule has 98 valence electrons. The molecule has 0 atom stereocenters. The van der Waals surface area contributed by atoms with Gasteiger partial charge in [-0.25, -0.2) is 0 Å². The normalized spacial score (nSPS) is 10.2. The predicted molar refractivity (Wildman–Crippen MR) is 78.5 cm³/mol. The minimum atomic E-state index is -0.475. The Morgan fingerprint density at radius 3 is 2.58 bits per heavy atom. The zero-order chi connectivity index (χ0) is 13.8. The van der Waals surface area contributed by atoms with Crippen molar-refractivity contribution in [2.75, 3.05) is 11.1 Å². The number of para-hydroxylation sites is 1. The summed E-state index contributed by atoms with van der Waals surface area (Å²) < 4.78 is 0. The van der Waals surface area contributed by atoms with E-state index >= 15 is 0 Å². The van der Waals surface area contributed by atoms with E-state index in [1.807, 2.05) is 24.3 Å². The molecule has 0 bridgehead atoms. The highest BCUT2D eigenvalue weighted by atomic mass is 16.1. The van der Waals surface area contributed by atoms with Crippen molar-refractivity contribution in [3.05, 3.63) is 53.6 Å². The van der Waals surface area contributed by atoms with E-state index in [0.717, 1.165) is 12.1 Å². The predicted octanol–water partition coefficient (Wildman–Crippen LogP) is 2.67. The van der Waals surface area contributed by atoms with Gasteiger partial charge >= 0.3 is 0 Å². The maximum atomic E-state index is 11.4. The van der Waals surface area contributed by atoms with Crippen LogP contribution in [0.4, 0.5) is 17.1 Å². The Hall–Kier alpha value is -2.49. The molecule has 0 aliphatic heterocycles. The van der Waals surface area contributed by atoms with E-state index in [4.69, 9.17) is 11.5 Å². The van der Waals surface area contributed by atoms with Gasteiger partial charge in [0.05, 0.1) is 11.3 Å². The molecule has 0 spiro atoms. The van der Waals surface area contributed by atoms with Crippen molar-refractivity contribution >= 4 is 23.0 Å². The van der Waals surface area contributed by atoms with Crippen LogP contribution >= 0.6 is 0 Å². The summed E-state index contributed by atoms with van der Waals surface area (Å²) in [4.78, 5) is 11.4. The molecule has 0 heterocycles. The third-order valence-electron chi connectivity index (χ3n) is 2.98. The summed E-state index contributed by atoms with van der Waals surface area (Å²) in [7, 11) is 0. The Kier molecular flexibility index (Phi) is 3.71. The number of hydrogen-bond donors (Lipinski definition) is 3. The van der Waals surface area contributed by atoms with E-state index in [2.05, 4.69) is 12.2 Å². The van der Waals surface area contributed by atoms with Gasteiger partial charge in [-0.3, -0.25) is 4.79 Å². The second kappa shape index (κ2) is 5.44.